The fourth-order valence-electron chi connectivity index (χ4n) is 10.5. The third-order valence-electron chi connectivity index (χ3n) is 12.6. The zero-order valence-corrected chi connectivity index (χ0v) is 23.8. The summed E-state index contributed by atoms with van der Waals surface area (Å²) in [7, 11) is 0. The fraction of sp³-hybridized carbons (Fsp3) is 0.735. The van der Waals surface area contributed by atoms with Crippen LogP contribution in [0.3, 0.4) is 0 Å². The van der Waals surface area contributed by atoms with E-state index in [4.69, 9.17) is 14.2 Å². The van der Waals surface area contributed by atoms with Crippen LogP contribution in [0.2, 0.25) is 0 Å². The summed E-state index contributed by atoms with van der Waals surface area (Å²) in [6.07, 6.45) is 13.3. The molecule has 3 saturated carbocycles. The number of ether oxygens (including phenoxy) is 3. The summed E-state index contributed by atoms with van der Waals surface area (Å²) in [6, 6.07) is 9.45. The minimum Gasteiger partial charge on any atom is -0.458 e. The van der Waals surface area contributed by atoms with Gasteiger partial charge in [-0.1, -0.05) is 57.5 Å². The van der Waals surface area contributed by atoms with Gasteiger partial charge in [-0.3, -0.25) is 0 Å². The molecule has 206 valence electrons. The van der Waals surface area contributed by atoms with Crippen molar-refractivity contribution in [3.05, 3.63) is 47.5 Å². The molecule has 4 nitrogen and oxygen atoms in total. The Labute approximate surface area is 228 Å². The molecule has 7 rings (SSSR count). The van der Waals surface area contributed by atoms with Crippen LogP contribution in [-0.4, -0.2) is 30.6 Å². The molecule has 2 heterocycles. The molecule has 0 aromatic heterocycles. The summed E-state index contributed by atoms with van der Waals surface area (Å²) in [6.45, 7) is 10.7. The lowest BCUT2D eigenvalue weighted by Crippen LogP contribution is -2.52. The largest absolute Gasteiger partial charge is 0.458 e. The Morgan fingerprint density at radius 1 is 1.00 bits per heavy atom. The van der Waals surface area contributed by atoms with Crippen molar-refractivity contribution in [2.75, 3.05) is 6.61 Å². The molecule has 2 saturated heterocycles. The summed E-state index contributed by atoms with van der Waals surface area (Å²) in [4.78, 5) is 12.7. The Kier molecular flexibility index (Phi) is 5.95. The van der Waals surface area contributed by atoms with Crippen molar-refractivity contribution in [1.29, 1.82) is 0 Å². The van der Waals surface area contributed by atoms with E-state index < -0.39 is 0 Å². The van der Waals surface area contributed by atoms with E-state index in [1.54, 1.807) is 5.57 Å². The van der Waals surface area contributed by atoms with Crippen molar-refractivity contribution in [2.45, 2.75) is 103 Å². The lowest BCUT2D eigenvalue weighted by atomic mass is 9.47. The van der Waals surface area contributed by atoms with E-state index in [9.17, 15) is 4.79 Å². The van der Waals surface area contributed by atoms with E-state index in [1.165, 1.54) is 32.1 Å². The van der Waals surface area contributed by atoms with Crippen LogP contribution in [0.4, 0.5) is 0 Å². The summed E-state index contributed by atoms with van der Waals surface area (Å²) in [5, 5.41) is 0. The molecule has 4 heteroatoms. The molecule has 4 aliphatic carbocycles. The molecule has 1 aromatic carbocycles. The topological polar surface area (TPSA) is 44.8 Å². The predicted octanol–water partition coefficient (Wildman–Crippen LogP) is 7.58. The van der Waals surface area contributed by atoms with Crippen LogP contribution < -0.4 is 0 Å². The van der Waals surface area contributed by atoms with Crippen LogP contribution in [0.5, 0.6) is 0 Å². The zero-order chi connectivity index (χ0) is 26.3. The van der Waals surface area contributed by atoms with Gasteiger partial charge in [-0.2, -0.15) is 0 Å². The van der Waals surface area contributed by atoms with E-state index in [-0.39, 0.29) is 23.3 Å². The third-order valence-corrected chi connectivity index (χ3v) is 12.6. The van der Waals surface area contributed by atoms with Crippen molar-refractivity contribution in [1.82, 2.24) is 0 Å². The summed E-state index contributed by atoms with van der Waals surface area (Å²) >= 11 is 0. The molecule has 0 amide bonds. The van der Waals surface area contributed by atoms with Crippen molar-refractivity contribution in [3.8, 4) is 0 Å². The number of hydrogen-bond acceptors (Lipinski definition) is 4. The molecule has 38 heavy (non-hydrogen) atoms. The minimum atomic E-state index is -0.326. The molecule has 5 fully saturated rings. The maximum Gasteiger partial charge on any atom is 0.338 e. The smallest absolute Gasteiger partial charge is 0.338 e. The number of esters is 1. The molecule has 0 N–H and O–H groups in total. The van der Waals surface area contributed by atoms with Gasteiger partial charge in [0.1, 0.15) is 6.10 Å². The van der Waals surface area contributed by atoms with Crippen molar-refractivity contribution in [3.63, 3.8) is 0 Å². The molecule has 0 unspecified atom stereocenters. The average molecular weight is 519 g/mol. The van der Waals surface area contributed by atoms with E-state index in [0.717, 1.165) is 50.0 Å². The normalized spacial score (nSPS) is 49.4. The first-order valence-electron chi connectivity index (χ1n) is 15.5. The second-order valence-corrected chi connectivity index (χ2v) is 14.4. The van der Waals surface area contributed by atoms with Gasteiger partial charge in [-0.15, -0.1) is 0 Å². The standard InChI is InChI=1S/C34H46O4/c1-21-12-17-34(36-20-21)22(2)30-29(38-34)19-28-26-11-10-24-18-25(37-31(35)23-8-6-5-7-9-23)13-15-32(24,3)27(26)14-16-33(28,30)4/h5-10,21-22,25-30H,11-20H2,1-4H3/t21-,22-,25+,26+,27-,28-,29+,30-,32-,33-,34+/m0/s1. The summed E-state index contributed by atoms with van der Waals surface area (Å²) < 4.78 is 19.5. The first-order valence-corrected chi connectivity index (χ1v) is 15.5. The minimum absolute atomic E-state index is 0.00178. The summed E-state index contributed by atoms with van der Waals surface area (Å²) in [5.74, 6) is 3.46. The Balaban J connectivity index is 1.08. The van der Waals surface area contributed by atoms with Crippen molar-refractivity contribution < 1.29 is 19.0 Å². The highest BCUT2D eigenvalue weighted by Crippen LogP contribution is 2.70. The number of fused-ring (bicyclic) bond motifs is 7. The zero-order valence-electron chi connectivity index (χ0n) is 23.8. The highest BCUT2D eigenvalue weighted by atomic mass is 16.7. The molecule has 0 bridgehead atoms. The van der Waals surface area contributed by atoms with E-state index in [1.807, 2.05) is 30.3 Å². The van der Waals surface area contributed by atoms with Crippen LogP contribution >= 0.6 is 0 Å². The first-order chi connectivity index (χ1) is 18.2. The Hall–Kier alpha value is -1.65. The fourth-order valence-corrected chi connectivity index (χ4v) is 10.5. The van der Waals surface area contributed by atoms with Gasteiger partial charge in [0, 0.05) is 18.8 Å². The molecule has 0 radical (unpaired) electrons. The van der Waals surface area contributed by atoms with Gasteiger partial charge in [-0.25, -0.2) is 4.79 Å². The van der Waals surface area contributed by atoms with Crippen LogP contribution in [0.25, 0.3) is 0 Å². The van der Waals surface area contributed by atoms with Crippen LogP contribution in [-0.2, 0) is 14.2 Å². The lowest BCUT2D eigenvalue weighted by molar-refractivity contribution is -0.272. The van der Waals surface area contributed by atoms with E-state index in [0.29, 0.717) is 34.8 Å². The van der Waals surface area contributed by atoms with Crippen molar-refractivity contribution in [2.24, 2.45) is 46.3 Å². The van der Waals surface area contributed by atoms with E-state index in [2.05, 4.69) is 33.8 Å². The number of carbonyl (C=O) groups is 1. The second-order valence-electron chi connectivity index (χ2n) is 14.4. The molecule has 1 aromatic rings. The molecular formula is C34H46O4. The maximum absolute atomic E-state index is 12.7. The van der Waals surface area contributed by atoms with Crippen LogP contribution in [0.1, 0.15) is 95.8 Å². The number of hydrogen-bond donors (Lipinski definition) is 0. The van der Waals surface area contributed by atoms with E-state index >= 15 is 0 Å². The van der Waals surface area contributed by atoms with Crippen LogP contribution in [0, 0.1) is 46.3 Å². The Morgan fingerprint density at radius 3 is 2.58 bits per heavy atom. The highest BCUT2D eigenvalue weighted by Gasteiger charge is 2.68. The average Bonchev–Trinajstić information content (AvgIpc) is 3.36. The van der Waals surface area contributed by atoms with Gasteiger partial charge in [0.2, 0.25) is 0 Å². The third kappa shape index (κ3) is 3.65. The number of carbonyl (C=O) groups excluding carboxylic acids is 1. The van der Waals surface area contributed by atoms with Gasteiger partial charge in [-0.05, 0) is 97.5 Å². The van der Waals surface area contributed by atoms with Gasteiger partial charge < -0.3 is 14.2 Å². The summed E-state index contributed by atoms with van der Waals surface area (Å²) in [5.41, 5.74) is 2.81. The van der Waals surface area contributed by atoms with Gasteiger partial charge in [0.05, 0.1) is 18.3 Å². The predicted molar refractivity (Wildman–Crippen MR) is 147 cm³/mol. The molecular weight excluding hydrogens is 472 g/mol. The molecule has 11 atom stereocenters. The second kappa shape index (κ2) is 8.93. The van der Waals surface area contributed by atoms with Crippen molar-refractivity contribution >= 4 is 5.97 Å². The van der Waals surface area contributed by atoms with Gasteiger partial charge in [0.25, 0.3) is 0 Å². The molecule has 6 aliphatic rings. The quantitative estimate of drug-likeness (QED) is 0.299. The Bertz CT molecular complexity index is 1100. The SMILES string of the molecule is C[C@H]1CC[C@@]2(OC1)O[C@@H]1C[C@H]3[C@@H]4CC=C5C[C@H](OC(=O)c6ccccc6)CC[C@]5(C)[C@H]4CC[C@]3(C)[C@H]1[C@@H]2C. The van der Waals surface area contributed by atoms with Gasteiger partial charge >= 0.3 is 5.97 Å². The molecule has 2 aliphatic heterocycles. The molecule has 1 spiro atoms. The highest BCUT2D eigenvalue weighted by molar-refractivity contribution is 5.89. The first kappa shape index (κ1) is 25.3. The monoisotopic (exact) mass is 518 g/mol. The Morgan fingerprint density at radius 2 is 1.82 bits per heavy atom. The van der Waals surface area contributed by atoms with Gasteiger partial charge in [0.15, 0.2) is 5.79 Å². The number of allylic oxidation sites excluding steroid dienone is 1. The number of benzene rings is 1. The van der Waals surface area contributed by atoms with Crippen LogP contribution in [0.15, 0.2) is 42.0 Å². The maximum atomic E-state index is 12.7. The number of rotatable bonds is 2. The lowest BCUT2D eigenvalue weighted by Gasteiger charge is -2.58.